The Kier molecular flexibility index (Phi) is 3.78. The number of pyridine rings is 1. The molecule has 0 N–H and O–H groups in total. The monoisotopic (exact) mass is 327 g/mol. The van der Waals surface area contributed by atoms with Crippen LogP contribution in [-0.4, -0.2) is 10.8 Å². The first kappa shape index (κ1) is 15.4. The van der Waals surface area contributed by atoms with Gasteiger partial charge in [-0.2, -0.15) is 0 Å². The highest BCUT2D eigenvalue weighted by molar-refractivity contribution is 6.29. The van der Waals surface area contributed by atoms with Crippen molar-refractivity contribution >= 4 is 28.4 Å². The molecule has 0 saturated heterocycles. The van der Waals surface area contributed by atoms with E-state index in [0.717, 1.165) is 5.56 Å². The van der Waals surface area contributed by atoms with E-state index in [1.54, 1.807) is 31.2 Å². The molecule has 23 heavy (non-hydrogen) atoms. The first-order valence-electron chi connectivity index (χ1n) is 7.09. The van der Waals surface area contributed by atoms with E-state index in [-0.39, 0.29) is 11.2 Å². The summed E-state index contributed by atoms with van der Waals surface area (Å²) in [6.45, 7) is 5.10. The molecule has 2 heterocycles. The molecule has 0 unspecified atom stereocenters. The van der Waals surface area contributed by atoms with Crippen LogP contribution in [0.3, 0.4) is 0 Å². The van der Waals surface area contributed by atoms with Crippen molar-refractivity contribution in [3.05, 3.63) is 62.5 Å². The fourth-order valence-electron chi connectivity index (χ4n) is 2.58. The summed E-state index contributed by atoms with van der Waals surface area (Å²) in [5, 5.41) is 0.717. The number of carbonyl (C=O) groups is 1. The zero-order chi connectivity index (χ0) is 16.7. The summed E-state index contributed by atoms with van der Waals surface area (Å²) in [7, 11) is 0. The number of aryl methyl sites for hydroxylation is 2. The summed E-state index contributed by atoms with van der Waals surface area (Å²) in [6.07, 6.45) is 0. The Morgan fingerprint density at radius 1 is 1.13 bits per heavy atom. The second-order valence-corrected chi connectivity index (χ2v) is 5.93. The second kappa shape index (κ2) is 5.63. The highest BCUT2D eigenvalue weighted by Gasteiger charge is 2.14. The number of ketones is 1. The van der Waals surface area contributed by atoms with E-state index in [1.807, 2.05) is 6.92 Å². The Morgan fingerprint density at radius 2 is 1.87 bits per heavy atom. The number of fused-ring (bicyclic) bond motifs is 1. The lowest BCUT2D eigenvalue weighted by Crippen LogP contribution is -2.05. The molecule has 2 aromatic heterocycles. The Bertz CT molecular complexity index is 985. The Hall–Kier alpha value is -2.46. The van der Waals surface area contributed by atoms with E-state index in [2.05, 4.69) is 4.98 Å². The van der Waals surface area contributed by atoms with Gasteiger partial charge in [0.25, 0.3) is 0 Å². The first-order valence-corrected chi connectivity index (χ1v) is 7.47. The molecule has 0 atom stereocenters. The number of carbonyl (C=O) groups excluding carboxylic acids is 1. The molecule has 0 spiro atoms. The van der Waals surface area contributed by atoms with E-state index < -0.39 is 0 Å². The minimum absolute atomic E-state index is 0.150. The average molecular weight is 328 g/mol. The molecule has 5 heteroatoms. The number of benzene rings is 1. The van der Waals surface area contributed by atoms with E-state index in [9.17, 15) is 9.59 Å². The van der Waals surface area contributed by atoms with Gasteiger partial charge in [-0.25, -0.2) is 4.98 Å². The van der Waals surface area contributed by atoms with Gasteiger partial charge >= 0.3 is 0 Å². The molecule has 3 aromatic rings. The lowest BCUT2D eigenvalue weighted by molar-refractivity contribution is 0.101. The number of nitrogens with zero attached hydrogens (tertiary/aromatic N) is 1. The number of hydrogen-bond acceptors (Lipinski definition) is 4. The molecule has 116 valence electrons. The van der Waals surface area contributed by atoms with Crippen molar-refractivity contribution in [3.63, 3.8) is 0 Å². The van der Waals surface area contributed by atoms with E-state index >= 15 is 0 Å². The van der Waals surface area contributed by atoms with Gasteiger partial charge in [-0.3, -0.25) is 9.59 Å². The predicted octanol–water partition coefficient (Wildman–Crippen LogP) is 4.33. The summed E-state index contributed by atoms with van der Waals surface area (Å²) >= 11 is 5.98. The minimum Gasteiger partial charge on any atom is -0.455 e. The maximum Gasteiger partial charge on any atom is 0.193 e. The third kappa shape index (κ3) is 2.90. The van der Waals surface area contributed by atoms with Crippen molar-refractivity contribution in [2.24, 2.45) is 0 Å². The maximum absolute atomic E-state index is 12.4. The summed E-state index contributed by atoms with van der Waals surface area (Å²) in [4.78, 5) is 28.4. The van der Waals surface area contributed by atoms with Gasteiger partial charge in [0.15, 0.2) is 11.2 Å². The topological polar surface area (TPSA) is 60.2 Å². The van der Waals surface area contributed by atoms with Gasteiger partial charge < -0.3 is 4.42 Å². The van der Waals surface area contributed by atoms with Crippen molar-refractivity contribution < 1.29 is 9.21 Å². The quantitative estimate of drug-likeness (QED) is 0.519. The maximum atomic E-state index is 12.4. The van der Waals surface area contributed by atoms with Crippen LogP contribution >= 0.6 is 11.6 Å². The predicted molar refractivity (Wildman–Crippen MR) is 90.2 cm³/mol. The third-order valence-corrected chi connectivity index (χ3v) is 3.75. The third-order valence-electron chi connectivity index (χ3n) is 3.56. The summed E-state index contributed by atoms with van der Waals surface area (Å²) in [5.41, 5.74) is 2.71. The first-order chi connectivity index (χ1) is 10.8. The average Bonchev–Trinajstić information content (AvgIpc) is 2.46. The summed E-state index contributed by atoms with van der Waals surface area (Å²) in [5.74, 6) is 0.212. The van der Waals surface area contributed by atoms with Gasteiger partial charge in [0, 0.05) is 17.3 Å². The van der Waals surface area contributed by atoms with Gasteiger partial charge in [-0.15, -0.1) is 0 Å². The number of Topliss-reactive ketones (excluding diaryl/α,β-unsaturated/α-hetero) is 1. The molecule has 0 radical (unpaired) electrons. The van der Waals surface area contributed by atoms with E-state index in [4.69, 9.17) is 16.0 Å². The molecule has 0 aliphatic rings. The van der Waals surface area contributed by atoms with Crippen molar-refractivity contribution in [2.45, 2.75) is 20.8 Å². The number of halogens is 1. The van der Waals surface area contributed by atoms with Gasteiger partial charge in [-0.05, 0) is 50.6 Å². The molecule has 0 aliphatic carbocycles. The van der Waals surface area contributed by atoms with Crippen LogP contribution in [0.5, 0.6) is 0 Å². The van der Waals surface area contributed by atoms with Gasteiger partial charge in [0.2, 0.25) is 0 Å². The normalized spacial score (nSPS) is 11.0. The Labute approximate surface area is 137 Å². The zero-order valence-electron chi connectivity index (χ0n) is 12.9. The molecule has 0 saturated carbocycles. The highest BCUT2D eigenvalue weighted by Crippen LogP contribution is 2.27. The van der Waals surface area contributed by atoms with Crippen molar-refractivity contribution in [1.82, 2.24) is 4.98 Å². The van der Waals surface area contributed by atoms with Crippen LogP contribution in [0.25, 0.3) is 22.3 Å². The van der Waals surface area contributed by atoms with Gasteiger partial charge in [0.05, 0.1) is 10.9 Å². The molecule has 0 aliphatic heterocycles. The molecule has 0 fully saturated rings. The molecular weight excluding hydrogens is 314 g/mol. The van der Waals surface area contributed by atoms with Crippen LogP contribution < -0.4 is 5.43 Å². The minimum atomic E-state index is -0.196. The van der Waals surface area contributed by atoms with Gasteiger partial charge in [-0.1, -0.05) is 11.6 Å². The van der Waals surface area contributed by atoms with Gasteiger partial charge in [0.1, 0.15) is 16.5 Å². The summed E-state index contributed by atoms with van der Waals surface area (Å²) in [6, 6.07) is 8.26. The van der Waals surface area contributed by atoms with Crippen LogP contribution in [0.2, 0.25) is 5.15 Å². The smallest absolute Gasteiger partial charge is 0.193 e. The van der Waals surface area contributed by atoms with Crippen LogP contribution in [0.1, 0.15) is 28.5 Å². The van der Waals surface area contributed by atoms with E-state index in [0.29, 0.717) is 38.7 Å². The Balaban J connectivity index is 2.37. The second-order valence-electron chi connectivity index (χ2n) is 5.54. The standard InChI is InChI=1S/C18H14ClNO3/c1-9-4-13(11(3)21)18-14(5-9)15(22)8-16(23-18)12-6-10(2)20-17(19)7-12/h4-8H,1-3H3. The largest absolute Gasteiger partial charge is 0.455 e. The SMILES string of the molecule is CC(=O)c1cc(C)cc2c(=O)cc(-c3cc(C)nc(Cl)c3)oc12. The zero-order valence-corrected chi connectivity index (χ0v) is 13.7. The van der Waals surface area contributed by atoms with Crippen LogP contribution in [-0.2, 0) is 0 Å². The van der Waals surface area contributed by atoms with Crippen molar-refractivity contribution in [3.8, 4) is 11.3 Å². The van der Waals surface area contributed by atoms with Crippen molar-refractivity contribution in [1.29, 1.82) is 0 Å². The molecular formula is C18H14ClNO3. The fraction of sp³-hybridized carbons (Fsp3) is 0.167. The number of hydrogen-bond donors (Lipinski definition) is 0. The highest BCUT2D eigenvalue weighted by atomic mass is 35.5. The molecule has 0 bridgehead atoms. The van der Waals surface area contributed by atoms with E-state index in [1.165, 1.54) is 13.0 Å². The van der Waals surface area contributed by atoms with Crippen LogP contribution in [0.4, 0.5) is 0 Å². The Morgan fingerprint density at radius 3 is 2.52 bits per heavy atom. The molecule has 1 aromatic carbocycles. The lowest BCUT2D eigenvalue weighted by Gasteiger charge is -2.08. The van der Waals surface area contributed by atoms with Crippen LogP contribution in [0.15, 0.2) is 39.5 Å². The molecule has 4 nitrogen and oxygen atoms in total. The number of rotatable bonds is 2. The summed E-state index contributed by atoms with van der Waals surface area (Å²) < 4.78 is 5.88. The molecule has 0 amide bonds. The van der Waals surface area contributed by atoms with Crippen LogP contribution in [0, 0.1) is 13.8 Å². The lowest BCUT2D eigenvalue weighted by atomic mass is 10.0. The fourth-order valence-corrected chi connectivity index (χ4v) is 2.83. The van der Waals surface area contributed by atoms with Crippen molar-refractivity contribution in [2.75, 3.05) is 0 Å². The number of aromatic nitrogens is 1. The molecule has 3 rings (SSSR count).